The maximum atomic E-state index is 13.3. The predicted octanol–water partition coefficient (Wildman–Crippen LogP) is 3.38. The Morgan fingerprint density at radius 1 is 1.00 bits per heavy atom. The molecule has 0 saturated carbocycles. The summed E-state index contributed by atoms with van der Waals surface area (Å²) in [5.41, 5.74) is 8.80. The molecule has 0 aliphatic rings. The minimum Gasteiger partial charge on any atom is -0.399 e. The zero-order valence-electron chi connectivity index (χ0n) is 8.50. The average molecular weight is 201 g/mol. The molecule has 76 valence electrons. The van der Waals surface area contributed by atoms with Gasteiger partial charge in [0.2, 0.25) is 0 Å². The molecule has 0 fully saturated rings. The van der Waals surface area contributed by atoms with Crippen LogP contribution in [0.1, 0.15) is 5.56 Å². The lowest BCUT2D eigenvalue weighted by atomic mass is 10.0. The van der Waals surface area contributed by atoms with Gasteiger partial charge in [-0.25, -0.2) is 4.39 Å². The summed E-state index contributed by atoms with van der Waals surface area (Å²) < 4.78 is 13.3. The molecule has 0 radical (unpaired) electrons. The summed E-state index contributed by atoms with van der Waals surface area (Å²) in [6.45, 7) is 1.75. The van der Waals surface area contributed by atoms with Crippen LogP contribution in [0.25, 0.3) is 11.1 Å². The second-order valence-electron chi connectivity index (χ2n) is 3.59. The zero-order chi connectivity index (χ0) is 10.8. The van der Waals surface area contributed by atoms with E-state index in [4.69, 9.17) is 5.73 Å². The first-order valence-electron chi connectivity index (χ1n) is 4.79. The standard InChI is InChI=1S/C13H12FN/c1-9-5-6-11(8-13(9)14)10-3-2-4-12(15)7-10/h2-8H,15H2,1H3. The molecule has 0 heterocycles. The molecule has 2 rings (SSSR count). The summed E-state index contributed by atoms with van der Waals surface area (Å²) >= 11 is 0. The lowest BCUT2D eigenvalue weighted by Gasteiger charge is -2.04. The summed E-state index contributed by atoms with van der Waals surface area (Å²) in [6.07, 6.45) is 0. The molecule has 0 aromatic heterocycles. The first kappa shape index (κ1) is 9.71. The fourth-order valence-electron chi connectivity index (χ4n) is 1.49. The van der Waals surface area contributed by atoms with Crippen LogP contribution < -0.4 is 5.73 Å². The molecule has 0 atom stereocenters. The number of hydrogen-bond acceptors (Lipinski definition) is 1. The molecule has 0 bridgehead atoms. The number of hydrogen-bond donors (Lipinski definition) is 1. The molecule has 0 amide bonds. The van der Waals surface area contributed by atoms with Gasteiger partial charge in [-0.05, 0) is 41.8 Å². The Labute approximate surface area is 88.4 Å². The summed E-state index contributed by atoms with van der Waals surface area (Å²) in [7, 11) is 0. The van der Waals surface area contributed by atoms with Crippen molar-refractivity contribution >= 4 is 5.69 Å². The van der Waals surface area contributed by atoms with Gasteiger partial charge in [0.25, 0.3) is 0 Å². The van der Waals surface area contributed by atoms with Gasteiger partial charge in [0, 0.05) is 5.69 Å². The summed E-state index contributed by atoms with van der Waals surface area (Å²) in [5, 5.41) is 0. The minimum absolute atomic E-state index is 0.185. The zero-order valence-corrected chi connectivity index (χ0v) is 8.50. The molecule has 2 N–H and O–H groups in total. The molecular weight excluding hydrogens is 189 g/mol. The van der Waals surface area contributed by atoms with Gasteiger partial charge < -0.3 is 5.73 Å². The van der Waals surface area contributed by atoms with Crippen molar-refractivity contribution in [2.45, 2.75) is 6.92 Å². The third-order valence-corrected chi connectivity index (χ3v) is 2.39. The van der Waals surface area contributed by atoms with Crippen LogP contribution in [0.2, 0.25) is 0 Å². The van der Waals surface area contributed by atoms with E-state index in [9.17, 15) is 4.39 Å². The van der Waals surface area contributed by atoms with E-state index in [1.807, 2.05) is 30.3 Å². The topological polar surface area (TPSA) is 26.0 Å². The van der Waals surface area contributed by atoms with Gasteiger partial charge in [0.05, 0.1) is 0 Å². The first-order valence-corrected chi connectivity index (χ1v) is 4.79. The van der Waals surface area contributed by atoms with Crippen molar-refractivity contribution in [3.63, 3.8) is 0 Å². The number of nitrogen functional groups attached to an aromatic ring is 1. The van der Waals surface area contributed by atoms with Gasteiger partial charge in [0.15, 0.2) is 0 Å². The van der Waals surface area contributed by atoms with Crippen LogP contribution in [0.4, 0.5) is 10.1 Å². The Hall–Kier alpha value is -1.83. The molecular formula is C13H12FN. The van der Waals surface area contributed by atoms with Gasteiger partial charge >= 0.3 is 0 Å². The maximum Gasteiger partial charge on any atom is 0.126 e. The first-order chi connectivity index (χ1) is 7.16. The van der Waals surface area contributed by atoms with Gasteiger partial charge in [-0.2, -0.15) is 0 Å². The quantitative estimate of drug-likeness (QED) is 0.703. The monoisotopic (exact) mass is 201 g/mol. The van der Waals surface area contributed by atoms with Crippen molar-refractivity contribution in [2.24, 2.45) is 0 Å². The Balaban J connectivity index is 2.50. The second kappa shape index (κ2) is 3.73. The Bertz CT molecular complexity index is 492. The lowest BCUT2D eigenvalue weighted by Crippen LogP contribution is -1.87. The SMILES string of the molecule is Cc1ccc(-c2cccc(N)c2)cc1F. The smallest absolute Gasteiger partial charge is 0.126 e. The highest BCUT2D eigenvalue weighted by Crippen LogP contribution is 2.23. The summed E-state index contributed by atoms with van der Waals surface area (Å²) in [4.78, 5) is 0. The fraction of sp³-hybridized carbons (Fsp3) is 0.0769. The molecule has 2 aromatic rings. The van der Waals surface area contributed by atoms with Crippen molar-refractivity contribution in [3.8, 4) is 11.1 Å². The van der Waals surface area contributed by atoms with Gasteiger partial charge in [-0.1, -0.05) is 24.3 Å². The van der Waals surface area contributed by atoms with Crippen molar-refractivity contribution < 1.29 is 4.39 Å². The fourth-order valence-corrected chi connectivity index (χ4v) is 1.49. The Morgan fingerprint density at radius 3 is 2.40 bits per heavy atom. The molecule has 0 spiro atoms. The number of nitrogens with two attached hydrogens (primary N) is 1. The van der Waals surface area contributed by atoms with Crippen LogP contribution in [0.3, 0.4) is 0 Å². The molecule has 15 heavy (non-hydrogen) atoms. The van der Waals surface area contributed by atoms with Crippen LogP contribution >= 0.6 is 0 Å². The van der Waals surface area contributed by atoms with Crippen LogP contribution in [-0.4, -0.2) is 0 Å². The van der Waals surface area contributed by atoms with Crippen LogP contribution in [0.15, 0.2) is 42.5 Å². The number of halogens is 1. The van der Waals surface area contributed by atoms with E-state index < -0.39 is 0 Å². The number of rotatable bonds is 1. The van der Waals surface area contributed by atoms with E-state index >= 15 is 0 Å². The third kappa shape index (κ3) is 1.99. The maximum absolute atomic E-state index is 13.3. The molecule has 0 aliphatic carbocycles. The van der Waals surface area contributed by atoms with Gasteiger partial charge in [0.1, 0.15) is 5.82 Å². The van der Waals surface area contributed by atoms with Gasteiger partial charge in [-0.3, -0.25) is 0 Å². The molecule has 0 unspecified atom stereocenters. The minimum atomic E-state index is -0.185. The lowest BCUT2D eigenvalue weighted by molar-refractivity contribution is 0.619. The third-order valence-electron chi connectivity index (χ3n) is 2.39. The van der Waals surface area contributed by atoms with Crippen molar-refractivity contribution in [1.82, 2.24) is 0 Å². The van der Waals surface area contributed by atoms with E-state index in [-0.39, 0.29) is 5.82 Å². The van der Waals surface area contributed by atoms with E-state index in [0.29, 0.717) is 11.3 Å². The number of benzene rings is 2. The molecule has 2 heteroatoms. The van der Waals surface area contributed by atoms with Crippen LogP contribution in [0.5, 0.6) is 0 Å². The molecule has 2 aromatic carbocycles. The van der Waals surface area contributed by atoms with E-state index in [2.05, 4.69) is 0 Å². The summed E-state index contributed by atoms with van der Waals surface area (Å²) in [6, 6.07) is 12.6. The van der Waals surface area contributed by atoms with Crippen molar-refractivity contribution in [1.29, 1.82) is 0 Å². The largest absolute Gasteiger partial charge is 0.399 e. The average Bonchev–Trinajstić information content (AvgIpc) is 2.22. The normalized spacial score (nSPS) is 10.3. The highest BCUT2D eigenvalue weighted by Gasteiger charge is 2.01. The number of aryl methyl sites for hydroxylation is 1. The summed E-state index contributed by atoms with van der Waals surface area (Å²) in [5.74, 6) is -0.185. The number of anilines is 1. The van der Waals surface area contributed by atoms with Gasteiger partial charge in [-0.15, -0.1) is 0 Å². The Kier molecular flexibility index (Phi) is 2.42. The van der Waals surface area contributed by atoms with E-state index in [0.717, 1.165) is 11.1 Å². The molecule has 0 saturated heterocycles. The van der Waals surface area contributed by atoms with E-state index in [1.54, 1.807) is 13.0 Å². The molecule has 1 nitrogen and oxygen atoms in total. The molecule has 0 aliphatic heterocycles. The predicted molar refractivity (Wildman–Crippen MR) is 61.0 cm³/mol. The Morgan fingerprint density at radius 2 is 1.73 bits per heavy atom. The second-order valence-corrected chi connectivity index (χ2v) is 3.59. The highest BCUT2D eigenvalue weighted by molar-refractivity contribution is 5.67. The van der Waals surface area contributed by atoms with Crippen molar-refractivity contribution in [2.75, 3.05) is 5.73 Å². The van der Waals surface area contributed by atoms with Crippen molar-refractivity contribution in [3.05, 3.63) is 53.8 Å². The van der Waals surface area contributed by atoms with Crippen LogP contribution in [0, 0.1) is 12.7 Å². The highest BCUT2D eigenvalue weighted by atomic mass is 19.1. The van der Waals surface area contributed by atoms with E-state index in [1.165, 1.54) is 6.07 Å². The van der Waals surface area contributed by atoms with Crippen LogP contribution in [-0.2, 0) is 0 Å².